The summed E-state index contributed by atoms with van der Waals surface area (Å²) < 4.78 is 17.4. The predicted octanol–water partition coefficient (Wildman–Crippen LogP) is 18.1. The van der Waals surface area contributed by atoms with E-state index in [-0.39, 0.29) is 25.2 Å². The molecule has 0 heterocycles. The third-order valence-electron chi connectivity index (χ3n) is 11.5. The number of carbonyl (C=O) groups excluding carboxylic acids is 2. The Labute approximate surface area is 385 Å². The molecular weight excluding hydrogens is 765 g/mol. The SMILES string of the molecule is CC/C=C\C/C=C\C/C=C\CCCCCC(=O)OCC(COCCCCCCCCCCCC/C=C\CCCCCCCC)OC(=O)CCCCCCC/C=C\CCCCCC. The summed E-state index contributed by atoms with van der Waals surface area (Å²) in [5, 5.41) is 0. The molecule has 0 aromatic heterocycles. The molecule has 0 aliphatic heterocycles. The van der Waals surface area contributed by atoms with Crippen molar-refractivity contribution in [2.45, 2.75) is 271 Å². The molecule has 0 fully saturated rings. The van der Waals surface area contributed by atoms with E-state index in [4.69, 9.17) is 14.2 Å². The molecule has 0 aromatic rings. The van der Waals surface area contributed by atoms with Crippen molar-refractivity contribution in [3.8, 4) is 0 Å². The van der Waals surface area contributed by atoms with Crippen molar-refractivity contribution in [2.75, 3.05) is 19.8 Å². The molecule has 0 aliphatic carbocycles. The second kappa shape index (κ2) is 52.9. The van der Waals surface area contributed by atoms with Crippen LogP contribution in [0.1, 0.15) is 265 Å². The molecule has 0 rings (SSSR count). The van der Waals surface area contributed by atoms with Gasteiger partial charge in [-0.2, -0.15) is 0 Å². The van der Waals surface area contributed by atoms with Gasteiger partial charge in [-0.15, -0.1) is 0 Å². The normalized spacial score (nSPS) is 12.6. The third-order valence-corrected chi connectivity index (χ3v) is 11.5. The molecule has 0 bridgehead atoms. The van der Waals surface area contributed by atoms with Crippen molar-refractivity contribution >= 4 is 11.9 Å². The first-order chi connectivity index (χ1) is 30.6. The van der Waals surface area contributed by atoms with E-state index in [1.807, 2.05) is 0 Å². The average molecular weight is 867 g/mol. The summed E-state index contributed by atoms with van der Waals surface area (Å²) in [5.41, 5.74) is 0. The molecule has 0 aliphatic rings. The molecular formula is C57H102O5. The van der Waals surface area contributed by atoms with Gasteiger partial charge < -0.3 is 14.2 Å². The smallest absolute Gasteiger partial charge is 0.306 e. The number of unbranched alkanes of at least 4 members (excludes halogenated alkanes) is 28. The lowest BCUT2D eigenvalue weighted by Gasteiger charge is -2.18. The summed E-state index contributed by atoms with van der Waals surface area (Å²) in [4.78, 5) is 25.4. The molecule has 5 nitrogen and oxygen atoms in total. The molecule has 0 saturated carbocycles. The van der Waals surface area contributed by atoms with Gasteiger partial charge in [0.05, 0.1) is 6.61 Å². The lowest BCUT2D eigenvalue weighted by molar-refractivity contribution is -0.163. The maximum atomic E-state index is 12.8. The summed E-state index contributed by atoms with van der Waals surface area (Å²) in [6.07, 6.45) is 66.7. The van der Waals surface area contributed by atoms with Gasteiger partial charge in [0.25, 0.3) is 0 Å². The summed E-state index contributed by atoms with van der Waals surface area (Å²) in [5.74, 6) is -0.436. The van der Waals surface area contributed by atoms with Crippen LogP contribution >= 0.6 is 0 Å². The largest absolute Gasteiger partial charge is 0.462 e. The quantitative estimate of drug-likeness (QED) is 0.0346. The van der Waals surface area contributed by atoms with Crippen LogP contribution in [0.2, 0.25) is 0 Å². The van der Waals surface area contributed by atoms with Crippen LogP contribution in [0.15, 0.2) is 60.8 Å². The predicted molar refractivity (Wildman–Crippen MR) is 270 cm³/mol. The maximum Gasteiger partial charge on any atom is 0.306 e. The van der Waals surface area contributed by atoms with Gasteiger partial charge >= 0.3 is 11.9 Å². The van der Waals surface area contributed by atoms with Crippen LogP contribution in [0.4, 0.5) is 0 Å². The Kier molecular flexibility index (Phi) is 50.9. The highest BCUT2D eigenvalue weighted by Gasteiger charge is 2.17. The van der Waals surface area contributed by atoms with Gasteiger partial charge in [0.2, 0.25) is 0 Å². The van der Waals surface area contributed by atoms with Gasteiger partial charge in [-0.3, -0.25) is 9.59 Å². The fraction of sp³-hybridized carbons (Fsp3) is 0.789. The number of esters is 2. The highest BCUT2D eigenvalue weighted by atomic mass is 16.6. The Hall–Kier alpha value is -2.40. The maximum absolute atomic E-state index is 12.8. The van der Waals surface area contributed by atoms with Crippen LogP contribution in [0.25, 0.3) is 0 Å². The standard InChI is InChI=1S/C57H102O5/c1-4-7-10-13-16-19-22-25-26-27-28-29-30-31-34-37-40-43-46-49-52-60-53-55(62-57(59)51-48-45-42-39-36-33-24-21-18-15-12-9-6-3)54-61-56(58)50-47-44-41-38-35-32-23-20-17-14-11-8-5-2/h8,11,17,20-21,24-26,32,35,55H,4-7,9-10,12-16,18-19,22-23,27-31,33-34,36-54H2,1-3H3/b11-8-,20-17-,24-21-,26-25-,35-32-. The molecule has 0 saturated heterocycles. The van der Waals surface area contributed by atoms with E-state index in [9.17, 15) is 9.59 Å². The molecule has 1 atom stereocenters. The average Bonchev–Trinajstić information content (AvgIpc) is 3.27. The minimum Gasteiger partial charge on any atom is -0.462 e. The summed E-state index contributed by atoms with van der Waals surface area (Å²) in [6, 6.07) is 0. The van der Waals surface area contributed by atoms with E-state index < -0.39 is 6.10 Å². The minimum absolute atomic E-state index is 0.0666. The van der Waals surface area contributed by atoms with Crippen LogP contribution < -0.4 is 0 Å². The van der Waals surface area contributed by atoms with Crippen LogP contribution in [-0.2, 0) is 23.8 Å². The third kappa shape index (κ3) is 50.2. The second-order valence-corrected chi connectivity index (χ2v) is 17.7. The van der Waals surface area contributed by atoms with Gasteiger partial charge in [-0.25, -0.2) is 0 Å². The Bertz CT molecular complexity index is 1070. The Morgan fingerprint density at radius 3 is 1.21 bits per heavy atom. The topological polar surface area (TPSA) is 61.8 Å². The van der Waals surface area contributed by atoms with Crippen LogP contribution in [0.3, 0.4) is 0 Å². The van der Waals surface area contributed by atoms with E-state index in [0.717, 1.165) is 83.5 Å². The number of hydrogen-bond donors (Lipinski definition) is 0. The van der Waals surface area contributed by atoms with Crippen molar-refractivity contribution in [3.63, 3.8) is 0 Å². The number of rotatable bonds is 49. The first kappa shape index (κ1) is 59.6. The van der Waals surface area contributed by atoms with E-state index in [2.05, 4.69) is 81.5 Å². The highest BCUT2D eigenvalue weighted by molar-refractivity contribution is 5.70. The zero-order chi connectivity index (χ0) is 44.9. The van der Waals surface area contributed by atoms with Crippen LogP contribution in [-0.4, -0.2) is 37.9 Å². The summed E-state index contributed by atoms with van der Waals surface area (Å²) >= 11 is 0. The molecule has 0 spiro atoms. The molecule has 0 radical (unpaired) electrons. The van der Waals surface area contributed by atoms with Crippen LogP contribution in [0.5, 0.6) is 0 Å². The Morgan fingerprint density at radius 2 is 0.726 bits per heavy atom. The van der Waals surface area contributed by atoms with E-state index in [0.29, 0.717) is 19.4 Å². The monoisotopic (exact) mass is 867 g/mol. The zero-order valence-electron chi connectivity index (χ0n) is 41.4. The number of hydrogen-bond acceptors (Lipinski definition) is 5. The molecule has 0 N–H and O–H groups in total. The molecule has 360 valence electrons. The molecule has 62 heavy (non-hydrogen) atoms. The molecule has 1 unspecified atom stereocenters. The van der Waals surface area contributed by atoms with Crippen molar-refractivity contribution in [2.24, 2.45) is 0 Å². The van der Waals surface area contributed by atoms with E-state index >= 15 is 0 Å². The fourth-order valence-corrected chi connectivity index (χ4v) is 7.51. The first-order valence-corrected chi connectivity index (χ1v) is 26.8. The van der Waals surface area contributed by atoms with Crippen molar-refractivity contribution < 1.29 is 23.8 Å². The summed E-state index contributed by atoms with van der Waals surface area (Å²) in [6.45, 7) is 7.68. The van der Waals surface area contributed by atoms with E-state index in [1.54, 1.807) is 0 Å². The number of carbonyl (C=O) groups is 2. The van der Waals surface area contributed by atoms with Crippen molar-refractivity contribution in [1.82, 2.24) is 0 Å². The van der Waals surface area contributed by atoms with Gasteiger partial charge in [-0.1, -0.05) is 210 Å². The fourth-order valence-electron chi connectivity index (χ4n) is 7.51. The highest BCUT2D eigenvalue weighted by Crippen LogP contribution is 2.14. The van der Waals surface area contributed by atoms with E-state index in [1.165, 1.54) is 148 Å². The lowest BCUT2D eigenvalue weighted by atomic mass is 10.1. The van der Waals surface area contributed by atoms with Crippen molar-refractivity contribution in [1.29, 1.82) is 0 Å². The van der Waals surface area contributed by atoms with Gasteiger partial charge in [-0.05, 0) is 103 Å². The van der Waals surface area contributed by atoms with Crippen molar-refractivity contribution in [3.05, 3.63) is 60.8 Å². The Morgan fingerprint density at radius 1 is 0.371 bits per heavy atom. The minimum atomic E-state index is -0.553. The molecule has 0 amide bonds. The van der Waals surface area contributed by atoms with Gasteiger partial charge in [0, 0.05) is 19.4 Å². The zero-order valence-corrected chi connectivity index (χ0v) is 41.4. The molecule has 5 heteroatoms. The first-order valence-electron chi connectivity index (χ1n) is 26.8. The second-order valence-electron chi connectivity index (χ2n) is 17.7. The molecule has 0 aromatic carbocycles. The summed E-state index contributed by atoms with van der Waals surface area (Å²) in [7, 11) is 0. The number of ether oxygens (including phenoxy) is 3. The van der Waals surface area contributed by atoms with Gasteiger partial charge in [0.15, 0.2) is 6.10 Å². The van der Waals surface area contributed by atoms with Crippen LogP contribution in [0, 0.1) is 0 Å². The lowest BCUT2D eigenvalue weighted by Crippen LogP contribution is -2.30. The number of allylic oxidation sites excluding steroid dienone is 10. The van der Waals surface area contributed by atoms with Gasteiger partial charge in [0.1, 0.15) is 6.61 Å². The Balaban J connectivity index is 4.25.